The van der Waals surface area contributed by atoms with Crippen LogP contribution >= 0.6 is 23.2 Å². The summed E-state index contributed by atoms with van der Waals surface area (Å²) in [6.07, 6.45) is 1.21. The molecule has 0 saturated heterocycles. The first-order valence-corrected chi connectivity index (χ1v) is 11.4. The predicted molar refractivity (Wildman–Crippen MR) is 126 cm³/mol. The minimum Gasteiger partial charge on any atom is -0.376 e. The highest BCUT2D eigenvalue weighted by Crippen LogP contribution is 2.36. The van der Waals surface area contributed by atoms with Crippen LogP contribution in [0, 0.1) is 27.2 Å². The molecule has 0 aliphatic heterocycles. The van der Waals surface area contributed by atoms with E-state index < -0.39 is 31.3 Å². The van der Waals surface area contributed by atoms with Crippen molar-refractivity contribution in [3.63, 3.8) is 0 Å². The molecule has 3 rings (SSSR count). The maximum absolute atomic E-state index is 12.5. The van der Waals surface area contributed by atoms with E-state index in [0.29, 0.717) is 5.56 Å². The first kappa shape index (κ1) is 24.9. The van der Waals surface area contributed by atoms with Crippen LogP contribution in [0.4, 0.5) is 17.1 Å². The summed E-state index contributed by atoms with van der Waals surface area (Å²) in [6, 6.07) is 11.7. The zero-order chi connectivity index (χ0) is 25.0. The molecule has 0 bridgehead atoms. The molecule has 34 heavy (non-hydrogen) atoms. The number of aryl methyl sites for hydroxylation is 1. The van der Waals surface area contributed by atoms with Gasteiger partial charge in [-0.15, -0.1) is 0 Å². The molecule has 0 spiro atoms. The molecule has 0 fully saturated rings. The lowest BCUT2D eigenvalue weighted by Crippen LogP contribution is -2.10. The maximum Gasteiger partial charge on any atom is 0.339 e. The molecule has 11 nitrogen and oxygen atoms in total. The molecule has 0 aliphatic rings. The fourth-order valence-corrected chi connectivity index (χ4v) is 4.29. The van der Waals surface area contributed by atoms with E-state index in [0.717, 1.165) is 23.8 Å². The van der Waals surface area contributed by atoms with Crippen LogP contribution in [0.25, 0.3) is 0 Å². The molecule has 0 amide bonds. The highest BCUT2D eigenvalue weighted by molar-refractivity contribution is 7.87. The second-order valence-corrected chi connectivity index (χ2v) is 9.11. The van der Waals surface area contributed by atoms with Gasteiger partial charge in [-0.05, 0) is 42.8 Å². The number of benzene rings is 3. The van der Waals surface area contributed by atoms with Gasteiger partial charge in [0.25, 0.3) is 5.69 Å². The molecular formula is C20H14Cl2N4O7S. The number of nitrogens with zero attached hydrogens (tertiary/aromatic N) is 3. The summed E-state index contributed by atoms with van der Waals surface area (Å²) in [5.41, 5.74) is 2.51. The lowest BCUT2D eigenvalue weighted by atomic mass is 10.2. The van der Waals surface area contributed by atoms with Gasteiger partial charge in [0.15, 0.2) is 5.75 Å². The summed E-state index contributed by atoms with van der Waals surface area (Å²) in [5, 5.41) is 25.6. The van der Waals surface area contributed by atoms with Crippen LogP contribution in [-0.2, 0) is 10.1 Å². The molecule has 0 saturated carbocycles. The van der Waals surface area contributed by atoms with Gasteiger partial charge in [0, 0.05) is 6.07 Å². The minimum atomic E-state index is -4.19. The average Bonchev–Trinajstić information content (AvgIpc) is 2.76. The van der Waals surface area contributed by atoms with E-state index in [1.807, 2.05) is 0 Å². The zero-order valence-electron chi connectivity index (χ0n) is 17.1. The number of non-ortho nitro benzene ring substituents is 1. The topological polar surface area (TPSA) is 154 Å². The normalized spacial score (nSPS) is 11.4. The van der Waals surface area contributed by atoms with Gasteiger partial charge in [-0.1, -0.05) is 40.9 Å². The Kier molecular flexibility index (Phi) is 7.35. The molecular weight excluding hydrogens is 511 g/mol. The third-order valence-electron chi connectivity index (χ3n) is 4.31. The second-order valence-electron chi connectivity index (χ2n) is 6.75. The van der Waals surface area contributed by atoms with Crippen LogP contribution < -0.4 is 9.61 Å². The molecule has 0 unspecified atom stereocenters. The number of hydrogen-bond acceptors (Lipinski definition) is 9. The third kappa shape index (κ3) is 5.78. The molecule has 0 atom stereocenters. The summed E-state index contributed by atoms with van der Waals surface area (Å²) in [4.78, 5) is 20.4. The summed E-state index contributed by atoms with van der Waals surface area (Å²) >= 11 is 12.3. The van der Waals surface area contributed by atoms with Gasteiger partial charge >= 0.3 is 15.8 Å². The number of hydrazone groups is 1. The van der Waals surface area contributed by atoms with Crippen molar-refractivity contribution in [2.24, 2.45) is 5.10 Å². The first-order valence-electron chi connectivity index (χ1n) is 9.20. The van der Waals surface area contributed by atoms with Crippen molar-refractivity contribution in [2.75, 3.05) is 5.43 Å². The van der Waals surface area contributed by atoms with E-state index >= 15 is 0 Å². The van der Waals surface area contributed by atoms with Gasteiger partial charge in [-0.25, -0.2) is 0 Å². The van der Waals surface area contributed by atoms with Crippen LogP contribution in [0.5, 0.6) is 5.75 Å². The quantitative estimate of drug-likeness (QED) is 0.179. The second kappa shape index (κ2) is 10.0. The Morgan fingerprint density at radius 2 is 1.59 bits per heavy atom. The van der Waals surface area contributed by atoms with Crippen molar-refractivity contribution >= 4 is 56.6 Å². The first-order chi connectivity index (χ1) is 16.0. The van der Waals surface area contributed by atoms with Gasteiger partial charge in [-0.3, -0.25) is 25.7 Å². The number of rotatable bonds is 8. The SMILES string of the molecule is Cc1ccc(S(=O)(=O)Oc2c(Cl)cc(/C=N\Nc3ccc([N+](=O)[O-])cc3[N+](=O)[O-])cc2Cl)cc1. The number of nitro groups is 2. The Morgan fingerprint density at radius 1 is 0.971 bits per heavy atom. The number of halogens is 2. The lowest BCUT2D eigenvalue weighted by Gasteiger charge is -2.11. The van der Waals surface area contributed by atoms with Crippen LogP contribution in [-0.4, -0.2) is 24.5 Å². The monoisotopic (exact) mass is 524 g/mol. The van der Waals surface area contributed by atoms with Crippen molar-refractivity contribution in [1.82, 2.24) is 0 Å². The maximum atomic E-state index is 12.5. The van der Waals surface area contributed by atoms with Crippen molar-refractivity contribution in [1.29, 1.82) is 0 Å². The van der Waals surface area contributed by atoms with Gasteiger partial charge < -0.3 is 4.18 Å². The third-order valence-corrected chi connectivity index (χ3v) is 6.11. The van der Waals surface area contributed by atoms with Crippen LogP contribution in [0.15, 0.2) is 64.6 Å². The fourth-order valence-electron chi connectivity index (χ4n) is 2.65. The standard InChI is InChI=1S/C20H14Cl2N4O7S/c1-12-2-5-15(6-3-12)34(31,32)33-20-16(21)8-13(9-17(20)22)11-23-24-18-7-4-14(25(27)28)10-19(18)26(29)30/h2-11,24H,1H3/b23-11-. The number of nitrogens with one attached hydrogen (secondary N) is 1. The lowest BCUT2D eigenvalue weighted by molar-refractivity contribution is -0.393. The number of hydrogen-bond donors (Lipinski definition) is 1. The summed E-state index contributed by atoms with van der Waals surface area (Å²) in [7, 11) is -4.19. The fraction of sp³-hybridized carbons (Fsp3) is 0.0500. The molecule has 0 heterocycles. The van der Waals surface area contributed by atoms with E-state index in [-0.39, 0.29) is 26.4 Å². The number of anilines is 1. The smallest absolute Gasteiger partial charge is 0.339 e. The molecule has 0 aromatic heterocycles. The molecule has 3 aromatic rings. The van der Waals surface area contributed by atoms with E-state index in [1.54, 1.807) is 19.1 Å². The van der Waals surface area contributed by atoms with Crippen molar-refractivity contribution in [3.8, 4) is 5.75 Å². The minimum absolute atomic E-state index is 0.0789. The Balaban J connectivity index is 1.81. The predicted octanol–water partition coefficient (Wildman–Crippen LogP) is 5.33. The van der Waals surface area contributed by atoms with Crippen LogP contribution in [0.1, 0.15) is 11.1 Å². The van der Waals surface area contributed by atoms with Crippen LogP contribution in [0.3, 0.4) is 0 Å². The summed E-state index contributed by atoms with van der Waals surface area (Å²) < 4.78 is 30.1. The molecule has 3 aromatic carbocycles. The molecule has 176 valence electrons. The van der Waals surface area contributed by atoms with Gasteiger partial charge in [0.1, 0.15) is 10.6 Å². The van der Waals surface area contributed by atoms with Crippen molar-refractivity contribution < 1.29 is 22.4 Å². The summed E-state index contributed by atoms with van der Waals surface area (Å²) in [6.45, 7) is 1.81. The van der Waals surface area contributed by atoms with E-state index in [2.05, 4.69) is 10.5 Å². The highest BCUT2D eigenvalue weighted by Gasteiger charge is 2.21. The Labute approximate surface area is 203 Å². The average molecular weight is 525 g/mol. The largest absolute Gasteiger partial charge is 0.376 e. The van der Waals surface area contributed by atoms with Crippen molar-refractivity contribution in [2.45, 2.75) is 11.8 Å². The van der Waals surface area contributed by atoms with Gasteiger partial charge in [-0.2, -0.15) is 13.5 Å². The molecule has 0 radical (unpaired) electrons. The Bertz CT molecular complexity index is 1390. The van der Waals surface area contributed by atoms with E-state index in [4.69, 9.17) is 27.4 Å². The molecule has 14 heteroatoms. The molecule has 0 aliphatic carbocycles. The van der Waals surface area contributed by atoms with Gasteiger partial charge in [0.05, 0.1) is 32.2 Å². The Morgan fingerprint density at radius 3 is 2.15 bits per heavy atom. The van der Waals surface area contributed by atoms with Crippen LogP contribution in [0.2, 0.25) is 10.0 Å². The van der Waals surface area contributed by atoms with E-state index in [1.165, 1.54) is 30.5 Å². The van der Waals surface area contributed by atoms with Gasteiger partial charge in [0.2, 0.25) is 0 Å². The summed E-state index contributed by atoms with van der Waals surface area (Å²) in [5.74, 6) is -0.278. The van der Waals surface area contributed by atoms with E-state index in [9.17, 15) is 28.6 Å². The van der Waals surface area contributed by atoms with Crippen molar-refractivity contribution in [3.05, 3.63) is 96.0 Å². The Hall–Kier alpha value is -3.74. The number of nitro benzene ring substituents is 2. The molecule has 1 N–H and O–H groups in total. The zero-order valence-corrected chi connectivity index (χ0v) is 19.5. The highest BCUT2D eigenvalue weighted by atomic mass is 35.5.